The third-order valence-corrected chi connectivity index (χ3v) is 2.52. The van der Waals surface area contributed by atoms with Crippen molar-refractivity contribution in [1.29, 1.82) is 0 Å². The zero-order chi connectivity index (χ0) is 11.8. The van der Waals surface area contributed by atoms with Gasteiger partial charge in [0.25, 0.3) is 0 Å². The van der Waals surface area contributed by atoms with Crippen LogP contribution in [-0.2, 0) is 6.54 Å². The maximum absolute atomic E-state index is 4.54. The number of nitrogens with one attached hydrogen (secondary N) is 1. The summed E-state index contributed by atoms with van der Waals surface area (Å²) in [4.78, 5) is 10.9. The molecule has 0 spiro atoms. The molecule has 0 saturated carbocycles. The van der Waals surface area contributed by atoms with Crippen LogP contribution in [0.15, 0.2) is 12.4 Å². The van der Waals surface area contributed by atoms with Gasteiger partial charge in [-0.15, -0.1) is 0 Å². The van der Waals surface area contributed by atoms with Gasteiger partial charge in [-0.2, -0.15) is 0 Å². The number of hydrogen-bond acceptors (Lipinski definition) is 4. The number of unbranched alkanes of at least 4 members (excludes halogenated alkanes) is 2. The van der Waals surface area contributed by atoms with Gasteiger partial charge in [0.2, 0.25) is 0 Å². The van der Waals surface area contributed by atoms with Crippen LogP contribution in [0.3, 0.4) is 0 Å². The largest absolute Gasteiger partial charge is 0.358 e. The minimum absolute atomic E-state index is 0.768. The van der Waals surface area contributed by atoms with Crippen molar-refractivity contribution in [2.24, 2.45) is 0 Å². The lowest BCUT2D eigenvalue weighted by Gasteiger charge is -2.18. The molecular weight excluding hydrogens is 200 g/mol. The summed E-state index contributed by atoms with van der Waals surface area (Å²) < 4.78 is 0. The molecule has 4 heteroatoms. The van der Waals surface area contributed by atoms with E-state index in [1.807, 2.05) is 13.2 Å². The Labute approximate surface area is 98.1 Å². The summed E-state index contributed by atoms with van der Waals surface area (Å²) in [6.45, 7) is 4.03. The van der Waals surface area contributed by atoms with Crippen molar-refractivity contribution in [3.8, 4) is 0 Å². The highest BCUT2D eigenvalue weighted by Crippen LogP contribution is 2.09. The van der Waals surface area contributed by atoms with E-state index < -0.39 is 0 Å². The Morgan fingerprint density at radius 3 is 2.81 bits per heavy atom. The van der Waals surface area contributed by atoms with E-state index in [1.165, 1.54) is 19.3 Å². The maximum Gasteiger partial charge on any atom is 0.147 e. The molecule has 0 amide bonds. The van der Waals surface area contributed by atoms with Crippen molar-refractivity contribution in [3.63, 3.8) is 0 Å². The Morgan fingerprint density at radius 2 is 2.12 bits per heavy atom. The maximum atomic E-state index is 4.54. The number of rotatable bonds is 7. The van der Waals surface area contributed by atoms with Crippen LogP contribution in [0, 0.1) is 0 Å². The Kier molecular flexibility index (Phi) is 5.78. The van der Waals surface area contributed by atoms with E-state index in [-0.39, 0.29) is 0 Å². The van der Waals surface area contributed by atoms with Gasteiger partial charge in [0, 0.05) is 26.3 Å². The second kappa shape index (κ2) is 7.17. The highest BCUT2D eigenvalue weighted by molar-refractivity contribution is 5.34. The van der Waals surface area contributed by atoms with E-state index in [0.29, 0.717) is 0 Å². The summed E-state index contributed by atoms with van der Waals surface area (Å²) in [7, 11) is 3.99. The van der Waals surface area contributed by atoms with Crippen molar-refractivity contribution >= 4 is 5.82 Å². The molecule has 0 radical (unpaired) electrons. The molecule has 0 aromatic carbocycles. The molecule has 0 saturated heterocycles. The second-order valence-corrected chi connectivity index (χ2v) is 4.03. The summed E-state index contributed by atoms with van der Waals surface area (Å²) in [6, 6.07) is 0. The van der Waals surface area contributed by atoms with Crippen LogP contribution >= 0.6 is 0 Å². The quantitative estimate of drug-likeness (QED) is 0.715. The summed E-state index contributed by atoms with van der Waals surface area (Å²) in [5.74, 6) is 0.962. The monoisotopic (exact) mass is 222 g/mol. The first-order chi connectivity index (χ1) is 7.77. The summed E-state index contributed by atoms with van der Waals surface area (Å²) in [6.07, 6.45) is 7.36. The first-order valence-corrected chi connectivity index (χ1v) is 5.94. The van der Waals surface area contributed by atoms with E-state index in [1.54, 1.807) is 6.20 Å². The molecule has 1 aromatic heterocycles. The molecule has 0 bridgehead atoms. The first-order valence-electron chi connectivity index (χ1n) is 5.94. The van der Waals surface area contributed by atoms with Gasteiger partial charge in [0.05, 0.1) is 11.9 Å². The van der Waals surface area contributed by atoms with E-state index in [9.17, 15) is 0 Å². The third-order valence-electron chi connectivity index (χ3n) is 2.52. The molecule has 0 atom stereocenters. The molecular formula is C12H22N4. The zero-order valence-corrected chi connectivity index (χ0v) is 10.5. The summed E-state index contributed by atoms with van der Waals surface area (Å²) in [5.41, 5.74) is 0.988. The summed E-state index contributed by atoms with van der Waals surface area (Å²) in [5, 5.41) is 3.08. The van der Waals surface area contributed by atoms with Crippen LogP contribution < -0.4 is 10.2 Å². The Morgan fingerprint density at radius 1 is 1.31 bits per heavy atom. The molecule has 0 aliphatic rings. The molecule has 0 aliphatic heterocycles. The van der Waals surface area contributed by atoms with Gasteiger partial charge in [0.1, 0.15) is 5.82 Å². The van der Waals surface area contributed by atoms with Crippen molar-refractivity contribution in [2.45, 2.75) is 32.7 Å². The molecule has 90 valence electrons. The fourth-order valence-electron chi connectivity index (χ4n) is 1.56. The van der Waals surface area contributed by atoms with Crippen molar-refractivity contribution in [2.75, 3.05) is 25.5 Å². The lowest BCUT2D eigenvalue weighted by Crippen LogP contribution is -2.21. The van der Waals surface area contributed by atoms with Gasteiger partial charge in [-0.1, -0.05) is 19.8 Å². The normalized spacial score (nSPS) is 10.4. The fraction of sp³-hybridized carbons (Fsp3) is 0.667. The Balaban J connectivity index is 2.53. The summed E-state index contributed by atoms with van der Waals surface area (Å²) >= 11 is 0. The number of nitrogens with zero attached hydrogens (tertiary/aromatic N) is 3. The van der Waals surface area contributed by atoms with Crippen molar-refractivity contribution in [3.05, 3.63) is 18.1 Å². The Bertz CT molecular complexity index is 301. The van der Waals surface area contributed by atoms with Crippen LogP contribution in [0.1, 0.15) is 31.9 Å². The van der Waals surface area contributed by atoms with Gasteiger partial charge in [0.15, 0.2) is 0 Å². The average molecular weight is 222 g/mol. The minimum Gasteiger partial charge on any atom is -0.358 e. The molecule has 0 unspecified atom stereocenters. The van der Waals surface area contributed by atoms with Crippen LogP contribution in [0.2, 0.25) is 0 Å². The third kappa shape index (κ3) is 4.14. The first kappa shape index (κ1) is 12.9. The van der Waals surface area contributed by atoms with Crippen LogP contribution in [0.25, 0.3) is 0 Å². The molecule has 1 heterocycles. The van der Waals surface area contributed by atoms with Crippen molar-refractivity contribution in [1.82, 2.24) is 15.3 Å². The highest BCUT2D eigenvalue weighted by Gasteiger charge is 2.03. The highest BCUT2D eigenvalue weighted by atomic mass is 15.2. The van der Waals surface area contributed by atoms with Crippen LogP contribution in [0.4, 0.5) is 5.82 Å². The van der Waals surface area contributed by atoms with E-state index in [4.69, 9.17) is 0 Å². The molecule has 16 heavy (non-hydrogen) atoms. The molecule has 1 rings (SSSR count). The lowest BCUT2D eigenvalue weighted by molar-refractivity contribution is 0.697. The molecule has 1 N–H and O–H groups in total. The predicted molar refractivity (Wildman–Crippen MR) is 67.6 cm³/mol. The topological polar surface area (TPSA) is 41.1 Å². The van der Waals surface area contributed by atoms with Crippen LogP contribution in [0.5, 0.6) is 0 Å². The smallest absolute Gasteiger partial charge is 0.147 e. The number of anilines is 1. The minimum atomic E-state index is 0.768. The zero-order valence-electron chi connectivity index (χ0n) is 10.5. The predicted octanol–water partition coefficient (Wildman–Crippen LogP) is 1.82. The van der Waals surface area contributed by atoms with Crippen molar-refractivity contribution < 1.29 is 0 Å². The van der Waals surface area contributed by atoms with Gasteiger partial charge in [-0.3, -0.25) is 4.98 Å². The SMILES string of the molecule is CCCCCN(C)c1cncc(CNC)n1. The van der Waals surface area contributed by atoms with E-state index in [2.05, 4.69) is 34.2 Å². The van der Waals surface area contributed by atoms with Crippen LogP contribution in [-0.4, -0.2) is 30.6 Å². The van der Waals surface area contributed by atoms with Gasteiger partial charge in [-0.05, 0) is 13.5 Å². The molecule has 1 aromatic rings. The molecule has 0 aliphatic carbocycles. The standard InChI is InChI=1S/C12H22N4/c1-4-5-6-7-16(3)12-10-14-9-11(15-12)8-13-2/h9-10,13H,4-8H2,1-3H3. The van der Waals surface area contributed by atoms with E-state index in [0.717, 1.165) is 24.6 Å². The molecule has 0 fully saturated rings. The van der Waals surface area contributed by atoms with Gasteiger partial charge >= 0.3 is 0 Å². The number of hydrogen-bond donors (Lipinski definition) is 1. The number of aromatic nitrogens is 2. The Hall–Kier alpha value is -1.16. The molecule has 4 nitrogen and oxygen atoms in total. The van der Waals surface area contributed by atoms with Gasteiger partial charge < -0.3 is 10.2 Å². The second-order valence-electron chi connectivity index (χ2n) is 4.03. The van der Waals surface area contributed by atoms with E-state index >= 15 is 0 Å². The fourth-order valence-corrected chi connectivity index (χ4v) is 1.56. The average Bonchev–Trinajstić information content (AvgIpc) is 2.30. The van der Waals surface area contributed by atoms with Gasteiger partial charge in [-0.25, -0.2) is 4.98 Å². The lowest BCUT2D eigenvalue weighted by atomic mass is 10.2.